The van der Waals surface area contributed by atoms with E-state index >= 15 is 0 Å². The number of likely N-dealkylation sites (N-methyl/N-ethyl adjacent to an activating group) is 1. The van der Waals surface area contributed by atoms with Crippen molar-refractivity contribution in [1.29, 1.82) is 0 Å². The third-order valence-electron chi connectivity index (χ3n) is 5.93. The van der Waals surface area contributed by atoms with E-state index in [-0.39, 0.29) is 17.1 Å². The molecule has 2 amide bonds. The van der Waals surface area contributed by atoms with Gasteiger partial charge >= 0.3 is 0 Å². The molecule has 0 saturated heterocycles. The molecule has 0 aliphatic carbocycles. The fraction of sp³-hybridized carbons (Fsp3) is 0.259. The van der Waals surface area contributed by atoms with Crippen LogP contribution in [0.25, 0.3) is 0 Å². The number of amides is 2. The Morgan fingerprint density at radius 2 is 1.57 bits per heavy atom. The summed E-state index contributed by atoms with van der Waals surface area (Å²) in [5.41, 5.74) is 1.90. The number of aryl methyl sites for hydroxylation is 1. The normalized spacial score (nSPS) is 11.9. The van der Waals surface area contributed by atoms with E-state index in [2.05, 4.69) is 5.32 Å². The highest BCUT2D eigenvalue weighted by atomic mass is 32.2. The Labute approximate surface area is 216 Å². The standard InChI is InChI=1S/C27H30FN3O5S/c1-19-5-11-23(12-6-19)31(37(34,35)25-15-9-22(28)10-16-25)18-26(32)30(20(2)27(33)29-3)17-21-7-13-24(36-4)14-8-21/h5-16,20H,17-18H2,1-4H3,(H,29,33). The molecule has 0 aliphatic rings. The molecule has 3 rings (SSSR count). The number of halogens is 1. The molecule has 37 heavy (non-hydrogen) atoms. The lowest BCUT2D eigenvalue weighted by Gasteiger charge is -2.31. The van der Waals surface area contributed by atoms with Crippen molar-refractivity contribution in [2.45, 2.75) is 31.3 Å². The van der Waals surface area contributed by atoms with E-state index in [1.54, 1.807) is 62.6 Å². The Balaban J connectivity index is 2.00. The van der Waals surface area contributed by atoms with Gasteiger partial charge in [-0.3, -0.25) is 13.9 Å². The molecule has 0 spiro atoms. The third-order valence-corrected chi connectivity index (χ3v) is 7.72. The molecule has 0 heterocycles. The second kappa shape index (κ2) is 11.9. The smallest absolute Gasteiger partial charge is 0.264 e. The quantitative estimate of drug-likeness (QED) is 0.436. The molecule has 1 atom stereocenters. The first-order valence-electron chi connectivity index (χ1n) is 11.6. The Kier molecular flexibility index (Phi) is 8.88. The number of nitrogens with one attached hydrogen (secondary N) is 1. The number of hydrogen-bond donors (Lipinski definition) is 1. The largest absolute Gasteiger partial charge is 0.497 e. The summed E-state index contributed by atoms with van der Waals surface area (Å²) >= 11 is 0. The van der Waals surface area contributed by atoms with Gasteiger partial charge in [-0.15, -0.1) is 0 Å². The van der Waals surface area contributed by atoms with Gasteiger partial charge in [0, 0.05) is 13.6 Å². The lowest BCUT2D eigenvalue weighted by molar-refractivity contribution is -0.139. The minimum atomic E-state index is -4.24. The summed E-state index contributed by atoms with van der Waals surface area (Å²) in [5, 5.41) is 2.54. The van der Waals surface area contributed by atoms with Crippen LogP contribution in [-0.4, -0.2) is 51.9 Å². The lowest BCUT2D eigenvalue weighted by Crippen LogP contribution is -2.50. The zero-order valence-corrected chi connectivity index (χ0v) is 22.0. The number of nitrogens with zero attached hydrogens (tertiary/aromatic N) is 2. The van der Waals surface area contributed by atoms with Gasteiger partial charge in [-0.2, -0.15) is 0 Å². The van der Waals surface area contributed by atoms with Crippen LogP contribution in [0.4, 0.5) is 10.1 Å². The van der Waals surface area contributed by atoms with E-state index in [1.807, 2.05) is 6.92 Å². The minimum Gasteiger partial charge on any atom is -0.497 e. The van der Waals surface area contributed by atoms with Gasteiger partial charge in [-0.25, -0.2) is 12.8 Å². The Hall–Kier alpha value is -3.92. The van der Waals surface area contributed by atoms with Crippen LogP contribution in [0.5, 0.6) is 5.75 Å². The van der Waals surface area contributed by atoms with Gasteiger partial charge in [0.15, 0.2) is 0 Å². The Morgan fingerprint density at radius 1 is 0.973 bits per heavy atom. The monoisotopic (exact) mass is 527 g/mol. The van der Waals surface area contributed by atoms with Crippen LogP contribution in [0, 0.1) is 12.7 Å². The maximum absolute atomic E-state index is 13.7. The van der Waals surface area contributed by atoms with Crippen molar-refractivity contribution in [3.8, 4) is 5.75 Å². The second-order valence-electron chi connectivity index (χ2n) is 8.46. The molecular formula is C27H30FN3O5S. The molecule has 10 heteroatoms. The molecule has 3 aromatic carbocycles. The van der Waals surface area contributed by atoms with Gasteiger partial charge in [0.05, 0.1) is 17.7 Å². The van der Waals surface area contributed by atoms with E-state index in [0.29, 0.717) is 5.75 Å². The molecule has 0 fully saturated rings. The van der Waals surface area contributed by atoms with Gasteiger partial charge < -0.3 is 15.0 Å². The number of carbonyl (C=O) groups excluding carboxylic acids is 2. The minimum absolute atomic E-state index is 0.0652. The van der Waals surface area contributed by atoms with Crippen molar-refractivity contribution in [1.82, 2.24) is 10.2 Å². The van der Waals surface area contributed by atoms with Crippen molar-refractivity contribution in [2.24, 2.45) is 0 Å². The van der Waals surface area contributed by atoms with Gasteiger partial charge in [0.25, 0.3) is 10.0 Å². The first kappa shape index (κ1) is 27.7. The van der Waals surface area contributed by atoms with Crippen LogP contribution in [0.15, 0.2) is 77.7 Å². The van der Waals surface area contributed by atoms with Gasteiger partial charge in [-0.05, 0) is 67.9 Å². The molecule has 8 nitrogen and oxygen atoms in total. The zero-order chi connectivity index (χ0) is 27.2. The molecule has 196 valence electrons. The predicted molar refractivity (Wildman–Crippen MR) is 139 cm³/mol. The van der Waals surface area contributed by atoms with E-state index in [9.17, 15) is 22.4 Å². The first-order valence-corrected chi connectivity index (χ1v) is 13.0. The molecule has 0 bridgehead atoms. The Morgan fingerprint density at radius 3 is 2.11 bits per heavy atom. The maximum atomic E-state index is 13.7. The second-order valence-corrected chi connectivity index (χ2v) is 10.3. The summed E-state index contributed by atoms with van der Waals surface area (Å²) in [6, 6.07) is 17.2. The summed E-state index contributed by atoms with van der Waals surface area (Å²) in [5.74, 6) is -0.929. The summed E-state index contributed by atoms with van der Waals surface area (Å²) < 4.78 is 46.9. The number of hydrogen-bond acceptors (Lipinski definition) is 5. The average molecular weight is 528 g/mol. The molecule has 3 aromatic rings. The average Bonchev–Trinajstić information content (AvgIpc) is 2.90. The Bertz CT molecular complexity index is 1330. The van der Waals surface area contributed by atoms with Crippen molar-refractivity contribution >= 4 is 27.5 Å². The maximum Gasteiger partial charge on any atom is 0.264 e. The summed E-state index contributed by atoms with van der Waals surface area (Å²) in [6.07, 6.45) is 0. The van der Waals surface area contributed by atoms with Gasteiger partial charge in [0.2, 0.25) is 11.8 Å². The fourth-order valence-electron chi connectivity index (χ4n) is 3.69. The van der Waals surface area contributed by atoms with Crippen molar-refractivity contribution in [3.63, 3.8) is 0 Å². The van der Waals surface area contributed by atoms with Crippen molar-refractivity contribution in [3.05, 3.63) is 89.7 Å². The number of benzene rings is 3. The third kappa shape index (κ3) is 6.65. The van der Waals surface area contributed by atoms with Crippen LogP contribution in [0.1, 0.15) is 18.1 Å². The van der Waals surface area contributed by atoms with E-state index in [0.717, 1.165) is 39.7 Å². The number of rotatable bonds is 10. The van der Waals surface area contributed by atoms with Crippen LogP contribution in [0.3, 0.4) is 0 Å². The van der Waals surface area contributed by atoms with Crippen molar-refractivity contribution < 1.29 is 27.1 Å². The topological polar surface area (TPSA) is 96.0 Å². The highest BCUT2D eigenvalue weighted by Gasteiger charge is 2.32. The highest BCUT2D eigenvalue weighted by molar-refractivity contribution is 7.92. The number of ether oxygens (including phenoxy) is 1. The van der Waals surface area contributed by atoms with Crippen molar-refractivity contribution in [2.75, 3.05) is 25.0 Å². The lowest BCUT2D eigenvalue weighted by atomic mass is 10.1. The van der Waals surface area contributed by atoms with Crippen LogP contribution >= 0.6 is 0 Å². The summed E-state index contributed by atoms with van der Waals surface area (Å²) in [4.78, 5) is 27.3. The summed E-state index contributed by atoms with van der Waals surface area (Å²) in [6.45, 7) is 2.93. The molecule has 0 saturated carbocycles. The summed E-state index contributed by atoms with van der Waals surface area (Å²) in [7, 11) is -1.24. The highest BCUT2D eigenvalue weighted by Crippen LogP contribution is 2.25. The van der Waals surface area contributed by atoms with E-state index in [4.69, 9.17) is 4.74 Å². The van der Waals surface area contributed by atoms with Crippen LogP contribution in [0.2, 0.25) is 0 Å². The van der Waals surface area contributed by atoms with E-state index in [1.165, 1.54) is 11.9 Å². The molecule has 1 unspecified atom stereocenters. The fourth-order valence-corrected chi connectivity index (χ4v) is 5.11. The number of anilines is 1. The van der Waals surface area contributed by atoms with Crippen LogP contribution < -0.4 is 14.4 Å². The molecule has 0 radical (unpaired) electrons. The molecular weight excluding hydrogens is 497 g/mol. The molecule has 0 aliphatic heterocycles. The molecule has 0 aromatic heterocycles. The SMILES string of the molecule is CNC(=O)C(C)N(Cc1ccc(OC)cc1)C(=O)CN(c1ccc(C)cc1)S(=O)(=O)c1ccc(F)cc1. The van der Waals surface area contributed by atoms with Gasteiger partial charge in [0.1, 0.15) is 24.2 Å². The van der Waals surface area contributed by atoms with Gasteiger partial charge in [-0.1, -0.05) is 29.8 Å². The van der Waals surface area contributed by atoms with E-state index < -0.39 is 40.2 Å². The first-order chi connectivity index (χ1) is 17.6. The number of methoxy groups -OCH3 is 1. The predicted octanol–water partition coefficient (Wildman–Crippen LogP) is 3.50. The van der Waals surface area contributed by atoms with Crippen LogP contribution in [-0.2, 0) is 26.2 Å². The zero-order valence-electron chi connectivity index (χ0n) is 21.1. The molecule has 1 N–H and O–H groups in total. The number of sulfonamides is 1. The number of carbonyl (C=O) groups is 2.